The fraction of sp³-hybridized carbons (Fsp3) is 0.188. The van der Waals surface area contributed by atoms with Gasteiger partial charge in [-0.15, -0.1) is 0 Å². The second-order valence-electron chi connectivity index (χ2n) is 4.78. The number of halogens is 2. The summed E-state index contributed by atoms with van der Waals surface area (Å²) >= 11 is 5.82. The highest BCUT2D eigenvalue weighted by Crippen LogP contribution is 2.21. The van der Waals surface area contributed by atoms with Gasteiger partial charge in [-0.25, -0.2) is 4.39 Å². The Morgan fingerprint density at radius 1 is 1.19 bits per heavy atom. The van der Waals surface area contributed by atoms with E-state index in [9.17, 15) is 4.39 Å². The van der Waals surface area contributed by atoms with Crippen molar-refractivity contribution in [2.24, 2.45) is 5.73 Å². The largest absolute Gasteiger partial charge is 0.388 e. The molecule has 2 rings (SSSR count). The molecule has 0 bridgehead atoms. The Bertz CT molecular complexity index is 616. The summed E-state index contributed by atoms with van der Waals surface area (Å²) in [6.07, 6.45) is 0.476. The molecule has 0 unspecified atom stereocenters. The Balaban J connectivity index is 2.18. The third-order valence-corrected chi connectivity index (χ3v) is 3.42. The van der Waals surface area contributed by atoms with Crippen molar-refractivity contribution >= 4 is 23.1 Å². The van der Waals surface area contributed by atoms with Gasteiger partial charge in [-0.2, -0.15) is 0 Å². The molecule has 0 spiro atoms. The van der Waals surface area contributed by atoms with E-state index in [0.717, 1.165) is 11.3 Å². The van der Waals surface area contributed by atoms with Crippen LogP contribution in [0.4, 0.5) is 10.1 Å². The highest BCUT2D eigenvalue weighted by molar-refractivity contribution is 6.30. The molecule has 3 nitrogen and oxygen atoms in total. The van der Waals surface area contributed by atoms with Gasteiger partial charge in [0.25, 0.3) is 0 Å². The summed E-state index contributed by atoms with van der Waals surface area (Å²) in [4.78, 5) is 2.09. The van der Waals surface area contributed by atoms with Gasteiger partial charge < -0.3 is 10.6 Å². The quantitative estimate of drug-likeness (QED) is 0.630. The molecular formula is C16H17ClFN3. The van der Waals surface area contributed by atoms with Crippen LogP contribution in [-0.2, 0) is 6.54 Å². The van der Waals surface area contributed by atoms with Gasteiger partial charge in [-0.05, 0) is 29.8 Å². The normalized spacial score (nSPS) is 10.4. The molecule has 5 heteroatoms. The summed E-state index contributed by atoms with van der Waals surface area (Å²) in [6, 6.07) is 14.5. The first-order valence-electron chi connectivity index (χ1n) is 6.63. The number of anilines is 1. The van der Waals surface area contributed by atoms with Crippen molar-refractivity contribution in [2.45, 2.75) is 13.0 Å². The molecule has 0 atom stereocenters. The van der Waals surface area contributed by atoms with E-state index in [1.54, 1.807) is 12.1 Å². The van der Waals surface area contributed by atoms with Crippen molar-refractivity contribution < 1.29 is 4.39 Å². The van der Waals surface area contributed by atoms with E-state index in [1.165, 1.54) is 6.07 Å². The SMILES string of the molecule is N=C(N)CCN(Cc1ccc(F)c(Cl)c1)c1ccccc1. The molecule has 0 aliphatic rings. The number of hydrogen-bond donors (Lipinski definition) is 2. The predicted molar refractivity (Wildman–Crippen MR) is 85.4 cm³/mol. The van der Waals surface area contributed by atoms with Gasteiger partial charge in [0.05, 0.1) is 10.9 Å². The van der Waals surface area contributed by atoms with Crippen LogP contribution in [0.2, 0.25) is 5.02 Å². The molecule has 0 radical (unpaired) electrons. The van der Waals surface area contributed by atoms with Crippen LogP contribution in [0.1, 0.15) is 12.0 Å². The number of benzene rings is 2. The maximum absolute atomic E-state index is 13.2. The van der Waals surface area contributed by atoms with Crippen molar-refractivity contribution in [3.8, 4) is 0 Å². The van der Waals surface area contributed by atoms with Crippen molar-refractivity contribution in [2.75, 3.05) is 11.4 Å². The first-order chi connectivity index (χ1) is 10.1. The van der Waals surface area contributed by atoms with Crippen LogP contribution >= 0.6 is 11.6 Å². The maximum atomic E-state index is 13.2. The molecule has 3 N–H and O–H groups in total. The monoisotopic (exact) mass is 305 g/mol. The van der Waals surface area contributed by atoms with E-state index in [0.29, 0.717) is 19.5 Å². The van der Waals surface area contributed by atoms with Gasteiger partial charge in [-0.1, -0.05) is 35.9 Å². The maximum Gasteiger partial charge on any atom is 0.141 e. The first kappa shape index (κ1) is 15.3. The van der Waals surface area contributed by atoms with Crippen molar-refractivity contribution in [3.05, 3.63) is 64.9 Å². The molecule has 0 aliphatic carbocycles. The summed E-state index contributed by atoms with van der Waals surface area (Å²) in [5.41, 5.74) is 7.38. The Labute approximate surface area is 128 Å². The Kier molecular flexibility index (Phi) is 5.17. The summed E-state index contributed by atoms with van der Waals surface area (Å²) in [6.45, 7) is 1.20. The summed E-state index contributed by atoms with van der Waals surface area (Å²) < 4.78 is 13.2. The minimum atomic E-state index is -0.421. The molecule has 0 amide bonds. The van der Waals surface area contributed by atoms with Crippen molar-refractivity contribution in [1.29, 1.82) is 5.41 Å². The molecule has 0 saturated carbocycles. The third-order valence-electron chi connectivity index (χ3n) is 3.13. The Morgan fingerprint density at radius 2 is 1.90 bits per heavy atom. The Hall–Kier alpha value is -2.07. The smallest absolute Gasteiger partial charge is 0.141 e. The minimum absolute atomic E-state index is 0.118. The van der Waals surface area contributed by atoms with Gasteiger partial charge >= 0.3 is 0 Å². The second-order valence-corrected chi connectivity index (χ2v) is 5.19. The molecule has 0 fully saturated rings. The fourth-order valence-corrected chi connectivity index (χ4v) is 2.26. The number of nitrogens with zero attached hydrogens (tertiary/aromatic N) is 1. The number of nitrogens with one attached hydrogen (secondary N) is 1. The highest BCUT2D eigenvalue weighted by Gasteiger charge is 2.09. The molecule has 21 heavy (non-hydrogen) atoms. The second kappa shape index (κ2) is 7.09. The van der Waals surface area contributed by atoms with Crippen LogP contribution in [-0.4, -0.2) is 12.4 Å². The van der Waals surface area contributed by atoms with Crippen LogP contribution in [0.15, 0.2) is 48.5 Å². The van der Waals surface area contributed by atoms with Crippen LogP contribution in [0.25, 0.3) is 0 Å². The minimum Gasteiger partial charge on any atom is -0.388 e. The molecule has 2 aromatic rings. The van der Waals surface area contributed by atoms with Gasteiger partial charge in [-0.3, -0.25) is 5.41 Å². The lowest BCUT2D eigenvalue weighted by Gasteiger charge is -2.25. The molecule has 110 valence electrons. The van der Waals surface area contributed by atoms with Crippen molar-refractivity contribution in [1.82, 2.24) is 0 Å². The van der Waals surface area contributed by atoms with E-state index in [4.69, 9.17) is 22.7 Å². The average molecular weight is 306 g/mol. The standard InChI is InChI=1S/C16H17ClFN3/c17-14-10-12(6-7-15(14)18)11-21(9-8-16(19)20)13-4-2-1-3-5-13/h1-7,10H,8-9,11H2,(H3,19,20). The zero-order valence-electron chi connectivity index (χ0n) is 11.5. The van der Waals surface area contributed by atoms with E-state index in [1.807, 2.05) is 30.3 Å². The lowest BCUT2D eigenvalue weighted by atomic mass is 10.1. The van der Waals surface area contributed by atoms with Crippen LogP contribution in [0, 0.1) is 11.2 Å². The summed E-state index contributed by atoms with van der Waals surface area (Å²) in [5, 5.41) is 7.49. The summed E-state index contributed by atoms with van der Waals surface area (Å²) in [7, 11) is 0. The number of nitrogens with two attached hydrogens (primary N) is 1. The fourth-order valence-electron chi connectivity index (χ4n) is 2.05. The van der Waals surface area contributed by atoms with E-state index >= 15 is 0 Å². The van der Waals surface area contributed by atoms with Gasteiger partial charge in [0, 0.05) is 25.2 Å². The zero-order valence-corrected chi connectivity index (χ0v) is 12.3. The topological polar surface area (TPSA) is 53.1 Å². The van der Waals surface area contributed by atoms with Gasteiger partial charge in [0.15, 0.2) is 0 Å². The van der Waals surface area contributed by atoms with E-state index < -0.39 is 5.82 Å². The molecule has 0 aromatic heterocycles. The lowest BCUT2D eigenvalue weighted by Crippen LogP contribution is -2.27. The molecule has 0 saturated heterocycles. The van der Waals surface area contributed by atoms with Crippen LogP contribution < -0.4 is 10.6 Å². The van der Waals surface area contributed by atoms with Crippen LogP contribution in [0.3, 0.4) is 0 Å². The van der Waals surface area contributed by atoms with Gasteiger partial charge in [0.1, 0.15) is 5.82 Å². The zero-order chi connectivity index (χ0) is 15.2. The van der Waals surface area contributed by atoms with Crippen molar-refractivity contribution in [3.63, 3.8) is 0 Å². The first-order valence-corrected chi connectivity index (χ1v) is 7.01. The molecule has 0 aliphatic heterocycles. The average Bonchev–Trinajstić information content (AvgIpc) is 2.48. The van der Waals surface area contributed by atoms with E-state index in [-0.39, 0.29) is 10.9 Å². The number of hydrogen-bond acceptors (Lipinski definition) is 2. The number of rotatable bonds is 6. The highest BCUT2D eigenvalue weighted by atomic mass is 35.5. The molecule has 0 heterocycles. The predicted octanol–water partition coefficient (Wildman–Crippen LogP) is 3.81. The Morgan fingerprint density at radius 3 is 2.52 bits per heavy atom. The number of para-hydroxylation sites is 1. The van der Waals surface area contributed by atoms with Gasteiger partial charge in [0.2, 0.25) is 0 Å². The number of amidine groups is 1. The summed E-state index contributed by atoms with van der Waals surface area (Å²) in [5.74, 6) is -0.275. The van der Waals surface area contributed by atoms with E-state index in [2.05, 4.69) is 4.90 Å². The lowest BCUT2D eigenvalue weighted by molar-refractivity contribution is 0.627. The van der Waals surface area contributed by atoms with Crippen LogP contribution in [0.5, 0.6) is 0 Å². The molecule has 2 aromatic carbocycles. The third kappa shape index (κ3) is 4.46. The molecular weight excluding hydrogens is 289 g/mol.